The van der Waals surface area contributed by atoms with Crippen LogP contribution in [0.3, 0.4) is 0 Å². The summed E-state index contributed by atoms with van der Waals surface area (Å²) in [6.45, 7) is 5.79. The molecule has 14 heteroatoms. The van der Waals surface area contributed by atoms with Crippen molar-refractivity contribution < 1.29 is 37.0 Å². The van der Waals surface area contributed by atoms with Crippen molar-refractivity contribution in [2.24, 2.45) is 0 Å². The van der Waals surface area contributed by atoms with E-state index in [9.17, 15) is 22.8 Å². The number of hydrogen-bond donors (Lipinski definition) is 2. The van der Waals surface area contributed by atoms with E-state index < -0.39 is 30.4 Å². The van der Waals surface area contributed by atoms with Crippen LogP contribution < -0.4 is 25.2 Å². The lowest BCUT2D eigenvalue weighted by atomic mass is 10.1. The fourth-order valence-corrected chi connectivity index (χ4v) is 4.96. The molecular weight excluding hydrogens is 521 g/mol. The Hall–Kier alpha value is -3.65. The first-order valence-electron chi connectivity index (χ1n) is 12.5. The lowest BCUT2D eigenvalue weighted by Gasteiger charge is -2.36. The summed E-state index contributed by atoms with van der Waals surface area (Å²) in [6, 6.07) is 3.90. The van der Waals surface area contributed by atoms with Crippen LogP contribution in [0, 0.1) is 6.92 Å². The van der Waals surface area contributed by atoms with Gasteiger partial charge in [-0.3, -0.25) is 15.0 Å². The Balaban J connectivity index is 1.33. The van der Waals surface area contributed by atoms with Gasteiger partial charge >= 0.3 is 12.2 Å². The van der Waals surface area contributed by atoms with Crippen LogP contribution in [0.25, 0.3) is 0 Å². The van der Waals surface area contributed by atoms with Crippen molar-refractivity contribution in [3.63, 3.8) is 0 Å². The SMILES string of the molecule is Cc1cc(C(=O)NCC(F)(F)F)nc2c1N1CCC(C1)N2C(=O)Nc1cc(OCC2COC(C)(C)O2)ccn1. The normalized spacial score (nSPS) is 21.5. The van der Waals surface area contributed by atoms with Crippen LogP contribution in [-0.4, -0.2) is 78.9 Å². The highest BCUT2D eigenvalue weighted by atomic mass is 19.4. The van der Waals surface area contributed by atoms with Crippen molar-refractivity contribution in [3.8, 4) is 5.75 Å². The van der Waals surface area contributed by atoms with E-state index in [0.717, 1.165) is 0 Å². The number of fused-ring (bicyclic) bond motifs is 4. The summed E-state index contributed by atoms with van der Waals surface area (Å²) in [5.74, 6) is -0.724. The summed E-state index contributed by atoms with van der Waals surface area (Å²) >= 11 is 0. The molecule has 0 spiro atoms. The molecule has 2 aromatic heterocycles. The number of alkyl halides is 3. The Kier molecular flexibility index (Phi) is 7.01. The molecule has 11 nitrogen and oxygen atoms in total. The highest BCUT2D eigenvalue weighted by Gasteiger charge is 2.42. The van der Waals surface area contributed by atoms with Crippen molar-refractivity contribution in [1.29, 1.82) is 0 Å². The van der Waals surface area contributed by atoms with Gasteiger partial charge in [-0.15, -0.1) is 0 Å². The Morgan fingerprint density at radius 2 is 2.08 bits per heavy atom. The fourth-order valence-electron chi connectivity index (χ4n) is 4.96. The van der Waals surface area contributed by atoms with Gasteiger partial charge in [0.25, 0.3) is 5.91 Å². The van der Waals surface area contributed by atoms with E-state index in [2.05, 4.69) is 20.2 Å². The van der Waals surface area contributed by atoms with E-state index in [4.69, 9.17) is 14.2 Å². The number of carbonyl (C=O) groups is 2. The second-order valence-electron chi connectivity index (χ2n) is 10.1. The number of rotatable bonds is 6. The Labute approximate surface area is 222 Å². The lowest BCUT2D eigenvalue weighted by molar-refractivity contribution is -0.141. The van der Waals surface area contributed by atoms with Crippen LogP contribution in [0.1, 0.15) is 36.3 Å². The van der Waals surface area contributed by atoms with Crippen LogP contribution in [-0.2, 0) is 9.47 Å². The molecule has 0 aliphatic carbocycles. The van der Waals surface area contributed by atoms with Crippen LogP contribution in [0.4, 0.5) is 35.3 Å². The smallest absolute Gasteiger partial charge is 0.405 e. The van der Waals surface area contributed by atoms with E-state index in [1.165, 1.54) is 17.2 Å². The summed E-state index contributed by atoms with van der Waals surface area (Å²) < 4.78 is 55.0. The predicted octanol–water partition coefficient (Wildman–Crippen LogP) is 3.24. The molecule has 5 rings (SSSR count). The number of halogens is 3. The van der Waals surface area contributed by atoms with Crippen molar-refractivity contribution in [2.45, 2.75) is 51.3 Å². The van der Waals surface area contributed by atoms with Gasteiger partial charge in [0.1, 0.15) is 36.5 Å². The van der Waals surface area contributed by atoms with Gasteiger partial charge in [0.05, 0.1) is 18.3 Å². The molecule has 2 bridgehead atoms. The van der Waals surface area contributed by atoms with Gasteiger partial charge in [-0.05, 0) is 44.9 Å². The number of nitrogens with one attached hydrogen (secondary N) is 2. The van der Waals surface area contributed by atoms with Crippen molar-refractivity contribution >= 4 is 29.3 Å². The van der Waals surface area contributed by atoms with Gasteiger partial charge in [-0.1, -0.05) is 0 Å². The average molecular weight is 551 g/mol. The van der Waals surface area contributed by atoms with Crippen molar-refractivity contribution in [1.82, 2.24) is 15.3 Å². The van der Waals surface area contributed by atoms with Crippen LogP contribution in [0.15, 0.2) is 24.4 Å². The maximum atomic E-state index is 13.5. The highest BCUT2D eigenvalue weighted by molar-refractivity contribution is 6.05. The van der Waals surface area contributed by atoms with Gasteiger partial charge < -0.3 is 24.4 Å². The number of urea groups is 1. The minimum Gasteiger partial charge on any atom is -0.491 e. The molecule has 2 unspecified atom stereocenters. The monoisotopic (exact) mass is 550 g/mol. The van der Waals surface area contributed by atoms with Crippen LogP contribution >= 0.6 is 0 Å². The molecule has 2 aromatic rings. The Morgan fingerprint density at radius 1 is 1.28 bits per heavy atom. The molecule has 5 heterocycles. The highest BCUT2D eigenvalue weighted by Crippen LogP contribution is 2.41. The summed E-state index contributed by atoms with van der Waals surface area (Å²) in [5, 5.41) is 4.60. The number of anilines is 3. The number of pyridine rings is 2. The van der Waals surface area contributed by atoms with E-state index in [1.807, 2.05) is 19.2 Å². The van der Waals surface area contributed by atoms with Crippen molar-refractivity contribution in [2.75, 3.05) is 48.0 Å². The predicted molar refractivity (Wildman–Crippen MR) is 134 cm³/mol. The zero-order valence-electron chi connectivity index (χ0n) is 21.7. The first-order chi connectivity index (χ1) is 18.4. The molecule has 0 aromatic carbocycles. The van der Waals surface area contributed by atoms with Crippen LogP contribution in [0.5, 0.6) is 5.75 Å². The number of aromatic nitrogens is 2. The fraction of sp³-hybridized carbons (Fsp3) is 0.520. The molecule has 0 saturated carbocycles. The Morgan fingerprint density at radius 3 is 2.79 bits per heavy atom. The number of aryl methyl sites for hydroxylation is 1. The second kappa shape index (κ2) is 10.2. The number of hydrogen-bond acceptors (Lipinski definition) is 8. The maximum Gasteiger partial charge on any atom is 0.405 e. The Bertz CT molecular complexity index is 1270. The minimum absolute atomic E-state index is 0.203. The van der Waals surface area contributed by atoms with E-state index in [0.29, 0.717) is 43.1 Å². The maximum absolute atomic E-state index is 13.5. The second-order valence-corrected chi connectivity index (χ2v) is 10.1. The number of amides is 3. The number of nitrogens with zero attached hydrogens (tertiary/aromatic N) is 4. The molecule has 2 saturated heterocycles. The summed E-state index contributed by atoms with van der Waals surface area (Å²) in [7, 11) is 0. The third-order valence-electron chi connectivity index (χ3n) is 6.61. The molecule has 39 heavy (non-hydrogen) atoms. The van der Waals surface area contributed by atoms with Crippen LogP contribution in [0.2, 0.25) is 0 Å². The van der Waals surface area contributed by atoms with Gasteiger partial charge in [0.15, 0.2) is 11.6 Å². The quantitative estimate of drug-likeness (QED) is 0.563. The van der Waals surface area contributed by atoms with Crippen molar-refractivity contribution in [3.05, 3.63) is 35.7 Å². The molecule has 0 radical (unpaired) electrons. The topological polar surface area (TPSA) is 118 Å². The molecular formula is C25H29F3N6O5. The zero-order valence-corrected chi connectivity index (χ0v) is 21.7. The van der Waals surface area contributed by atoms with E-state index >= 15 is 0 Å². The largest absolute Gasteiger partial charge is 0.491 e. The zero-order chi connectivity index (χ0) is 27.9. The number of ether oxygens (including phenoxy) is 3. The average Bonchev–Trinajstić information content (AvgIpc) is 3.43. The number of carbonyl (C=O) groups excluding carboxylic acids is 2. The third kappa shape index (κ3) is 6.01. The minimum atomic E-state index is -4.56. The lowest BCUT2D eigenvalue weighted by Crippen LogP contribution is -2.49. The molecule has 2 fully saturated rings. The van der Waals surface area contributed by atoms with Gasteiger partial charge in [0.2, 0.25) is 0 Å². The van der Waals surface area contributed by atoms with E-state index in [1.54, 1.807) is 19.1 Å². The molecule has 3 aliphatic heterocycles. The molecule has 2 atom stereocenters. The summed E-state index contributed by atoms with van der Waals surface area (Å²) in [4.78, 5) is 38.0. The summed E-state index contributed by atoms with van der Waals surface area (Å²) in [6.07, 6.45) is -2.64. The molecule has 210 valence electrons. The van der Waals surface area contributed by atoms with Gasteiger partial charge in [-0.25, -0.2) is 14.8 Å². The summed E-state index contributed by atoms with van der Waals surface area (Å²) in [5.41, 5.74) is 1.09. The van der Waals surface area contributed by atoms with Gasteiger partial charge in [-0.2, -0.15) is 13.2 Å². The van der Waals surface area contributed by atoms with Gasteiger partial charge in [0, 0.05) is 25.4 Å². The molecule has 2 N–H and O–H groups in total. The molecule has 3 aliphatic rings. The first-order valence-corrected chi connectivity index (χ1v) is 12.5. The standard InChI is InChI=1S/C25H29F3N6O5/c1-14-8-18(22(35)30-13-25(26,27)28)31-21-20(14)33-7-5-15(10-33)34(21)23(36)32-19-9-16(4-6-29-19)37-11-17-12-38-24(2,3)39-17/h4,6,8-9,15,17H,5,7,10-13H2,1-3H3,(H,30,35)(H,29,32,36). The first kappa shape index (κ1) is 26.9. The third-order valence-corrected chi connectivity index (χ3v) is 6.61. The van der Waals surface area contributed by atoms with E-state index in [-0.39, 0.29) is 36.1 Å². The molecule has 3 amide bonds.